The smallest absolute Gasteiger partial charge is 0.0657 e. The third-order valence-corrected chi connectivity index (χ3v) is 12.6. The molecule has 0 fully saturated rings. The summed E-state index contributed by atoms with van der Waals surface area (Å²) in [5, 5.41) is 10.7. The molecule has 312 valence electrons. The Bertz CT molecular complexity index is 2330. The summed E-state index contributed by atoms with van der Waals surface area (Å²) in [7, 11) is 0. The predicted octanol–water partition coefficient (Wildman–Crippen LogP) is 17.0. The molecule has 2 unspecified atom stereocenters. The van der Waals surface area contributed by atoms with E-state index in [-0.39, 0.29) is 23.9 Å². The fourth-order valence-corrected chi connectivity index (χ4v) is 8.94. The summed E-state index contributed by atoms with van der Waals surface area (Å²) in [6.45, 7) is 15.6. The van der Waals surface area contributed by atoms with Crippen LogP contribution in [0.3, 0.4) is 0 Å². The van der Waals surface area contributed by atoms with E-state index in [1.165, 1.54) is 16.8 Å². The summed E-state index contributed by atoms with van der Waals surface area (Å²) in [6, 6.07) is 50.1. The fourth-order valence-electron chi connectivity index (χ4n) is 8.44. The number of nitrogens with one attached hydrogen (secondary N) is 2. The van der Waals surface area contributed by atoms with E-state index < -0.39 is 0 Å². The van der Waals surface area contributed by atoms with Crippen LogP contribution in [0.1, 0.15) is 139 Å². The average molecular weight is 886 g/mol. The van der Waals surface area contributed by atoms with Gasteiger partial charge in [0.05, 0.1) is 23.5 Å². The Hall–Kier alpha value is -4.77. The Morgan fingerprint density at radius 2 is 0.689 bits per heavy atom. The number of benzene rings is 6. The van der Waals surface area contributed by atoms with Gasteiger partial charge in [0.25, 0.3) is 0 Å². The lowest BCUT2D eigenvalue weighted by Crippen LogP contribution is -2.18. The number of hydrogen-bond acceptors (Lipinski definition) is 3. The highest BCUT2D eigenvalue weighted by molar-refractivity contribution is 6.31. The van der Waals surface area contributed by atoms with E-state index in [0.29, 0.717) is 31.9 Å². The summed E-state index contributed by atoms with van der Waals surface area (Å²) in [5.74, 6) is 0.422. The van der Waals surface area contributed by atoms with Crippen molar-refractivity contribution in [3.63, 3.8) is 0 Å². The van der Waals surface area contributed by atoms with E-state index in [1.807, 2.05) is 48.5 Å². The highest BCUT2D eigenvalue weighted by atomic mass is 35.5. The molecule has 0 amide bonds. The summed E-state index contributed by atoms with van der Waals surface area (Å²) in [5.41, 5.74) is 14.6. The Morgan fingerprint density at radius 3 is 1.00 bits per heavy atom. The molecular formula is C54H53Cl4N3. The van der Waals surface area contributed by atoms with E-state index in [9.17, 15) is 0 Å². The first-order valence-electron chi connectivity index (χ1n) is 21.1. The molecule has 7 rings (SSSR count). The second-order valence-corrected chi connectivity index (χ2v) is 18.5. The van der Waals surface area contributed by atoms with E-state index in [1.54, 1.807) is 0 Å². The second-order valence-electron chi connectivity index (χ2n) is 16.7. The van der Waals surface area contributed by atoms with Crippen LogP contribution in [0.25, 0.3) is 0 Å². The van der Waals surface area contributed by atoms with Gasteiger partial charge in [0, 0.05) is 43.3 Å². The second kappa shape index (κ2) is 19.5. The molecule has 0 aliphatic rings. The van der Waals surface area contributed by atoms with Gasteiger partial charge < -0.3 is 10.6 Å². The molecule has 0 saturated heterocycles. The molecule has 2 N–H and O–H groups in total. The number of hydrogen-bond donors (Lipinski definition) is 2. The lowest BCUT2D eigenvalue weighted by Gasteiger charge is -2.31. The Balaban J connectivity index is 1.39. The molecule has 3 nitrogen and oxygen atoms in total. The van der Waals surface area contributed by atoms with Crippen molar-refractivity contribution in [3.8, 4) is 0 Å². The van der Waals surface area contributed by atoms with E-state index in [4.69, 9.17) is 51.4 Å². The van der Waals surface area contributed by atoms with E-state index in [0.717, 1.165) is 56.0 Å². The molecule has 1 heterocycles. The number of aryl methyl sites for hydroxylation is 1. The van der Waals surface area contributed by atoms with Crippen molar-refractivity contribution >= 4 is 57.8 Å². The number of halogens is 4. The van der Waals surface area contributed by atoms with Crippen LogP contribution in [0.15, 0.2) is 146 Å². The topological polar surface area (TPSA) is 37.0 Å². The molecule has 0 spiro atoms. The normalized spacial score (nSPS) is 12.6. The lowest BCUT2D eigenvalue weighted by atomic mass is 9.78. The van der Waals surface area contributed by atoms with Gasteiger partial charge in [0.15, 0.2) is 0 Å². The quantitative estimate of drug-likeness (QED) is 0.107. The van der Waals surface area contributed by atoms with E-state index in [2.05, 4.69) is 156 Å². The number of para-hydroxylation sites is 1. The van der Waals surface area contributed by atoms with Gasteiger partial charge in [-0.1, -0.05) is 165 Å². The van der Waals surface area contributed by atoms with Gasteiger partial charge in [0.1, 0.15) is 0 Å². The Labute approximate surface area is 382 Å². The molecule has 61 heavy (non-hydrogen) atoms. The first-order chi connectivity index (χ1) is 29.3. The molecular weight excluding hydrogens is 832 g/mol. The van der Waals surface area contributed by atoms with Gasteiger partial charge in [-0.15, -0.1) is 0 Å². The van der Waals surface area contributed by atoms with Crippen LogP contribution >= 0.6 is 46.4 Å². The average Bonchev–Trinajstić information content (AvgIpc) is 3.24. The van der Waals surface area contributed by atoms with Crippen molar-refractivity contribution in [2.75, 3.05) is 10.6 Å². The zero-order valence-corrected chi connectivity index (χ0v) is 38.8. The fraction of sp³-hybridized carbons (Fsp3) is 0.241. The van der Waals surface area contributed by atoms with Gasteiger partial charge in [0.2, 0.25) is 0 Å². The summed E-state index contributed by atoms with van der Waals surface area (Å²) in [6.07, 6.45) is 0. The van der Waals surface area contributed by atoms with Crippen LogP contribution in [-0.2, 0) is 0 Å². The molecule has 7 aromatic rings. The maximum absolute atomic E-state index is 6.51. The maximum atomic E-state index is 6.51. The third kappa shape index (κ3) is 10.3. The van der Waals surface area contributed by atoms with Crippen LogP contribution in [0.4, 0.5) is 11.4 Å². The maximum Gasteiger partial charge on any atom is 0.0657 e. The van der Waals surface area contributed by atoms with Crippen LogP contribution in [0.5, 0.6) is 0 Å². The highest BCUT2D eigenvalue weighted by Gasteiger charge is 2.29. The molecule has 2 atom stereocenters. The molecule has 0 aliphatic carbocycles. The molecule has 0 radical (unpaired) electrons. The minimum Gasteiger partial charge on any atom is -0.376 e. The van der Waals surface area contributed by atoms with Crippen LogP contribution in [0.2, 0.25) is 20.1 Å². The summed E-state index contributed by atoms with van der Waals surface area (Å²) < 4.78 is 0. The van der Waals surface area contributed by atoms with Gasteiger partial charge in [-0.05, 0) is 138 Å². The molecule has 0 saturated carbocycles. The standard InChI is InChI=1S/C54H53Cl4N3/c1-32(2)45-10-8-11-46(33(3)4)53(45)59-35(6)49-12-9-13-50(61-49)36(7)60-54-47(51(37-14-22-41(55)23-15-37)38-16-24-42(56)25-17-38)30-34(5)31-48(54)52(39-18-26-43(57)27-19-39)40-20-28-44(58)29-21-40/h8-33,35-36,51-52,59-60H,1-7H3. The summed E-state index contributed by atoms with van der Waals surface area (Å²) in [4.78, 5) is 5.37. The number of aromatic nitrogens is 1. The zero-order chi connectivity index (χ0) is 43.4. The van der Waals surface area contributed by atoms with Crippen molar-refractivity contribution in [2.45, 2.75) is 84.2 Å². The van der Waals surface area contributed by atoms with Gasteiger partial charge in [-0.2, -0.15) is 0 Å². The minimum atomic E-state index is -0.186. The highest BCUT2D eigenvalue weighted by Crippen LogP contribution is 2.46. The SMILES string of the molecule is Cc1cc(C(c2ccc(Cl)cc2)c2ccc(Cl)cc2)c(NC(C)c2cccc(C(C)Nc3c(C(C)C)cccc3C(C)C)n2)c(C(c2ccc(Cl)cc2)c2ccc(Cl)cc2)c1. The van der Waals surface area contributed by atoms with Crippen molar-refractivity contribution in [1.29, 1.82) is 0 Å². The molecule has 0 aliphatic heterocycles. The molecule has 7 heteroatoms. The first-order valence-corrected chi connectivity index (χ1v) is 22.6. The third-order valence-electron chi connectivity index (χ3n) is 11.6. The zero-order valence-electron chi connectivity index (χ0n) is 35.8. The van der Waals surface area contributed by atoms with Crippen LogP contribution in [-0.4, -0.2) is 4.98 Å². The molecule has 6 aromatic carbocycles. The van der Waals surface area contributed by atoms with Crippen LogP contribution < -0.4 is 10.6 Å². The number of anilines is 2. The molecule has 0 bridgehead atoms. The predicted molar refractivity (Wildman–Crippen MR) is 262 cm³/mol. The lowest BCUT2D eigenvalue weighted by molar-refractivity contribution is 0.765. The van der Waals surface area contributed by atoms with Gasteiger partial charge >= 0.3 is 0 Å². The van der Waals surface area contributed by atoms with Gasteiger partial charge in [-0.3, -0.25) is 4.98 Å². The number of rotatable bonds is 14. The first kappa shape index (κ1) is 44.3. The summed E-state index contributed by atoms with van der Waals surface area (Å²) >= 11 is 26.0. The molecule has 1 aromatic heterocycles. The monoisotopic (exact) mass is 883 g/mol. The largest absolute Gasteiger partial charge is 0.376 e. The number of nitrogens with zero attached hydrogens (tertiary/aromatic N) is 1. The number of pyridine rings is 1. The van der Waals surface area contributed by atoms with Crippen LogP contribution in [0, 0.1) is 6.92 Å². The van der Waals surface area contributed by atoms with E-state index >= 15 is 0 Å². The van der Waals surface area contributed by atoms with Crippen molar-refractivity contribution in [2.24, 2.45) is 0 Å². The van der Waals surface area contributed by atoms with Crippen molar-refractivity contribution in [1.82, 2.24) is 4.98 Å². The minimum absolute atomic E-state index is 0.0339. The Morgan fingerprint density at radius 1 is 0.393 bits per heavy atom. The Kier molecular flexibility index (Phi) is 14.2. The van der Waals surface area contributed by atoms with Crippen molar-refractivity contribution < 1.29 is 0 Å². The van der Waals surface area contributed by atoms with Gasteiger partial charge in [-0.25, -0.2) is 0 Å². The van der Waals surface area contributed by atoms with Crippen molar-refractivity contribution in [3.05, 3.63) is 227 Å².